The molecule has 1 saturated carbocycles. The van der Waals surface area contributed by atoms with Crippen LogP contribution in [0.25, 0.3) is 10.2 Å². The van der Waals surface area contributed by atoms with Crippen molar-refractivity contribution in [3.63, 3.8) is 0 Å². The molecule has 112 valence electrons. The van der Waals surface area contributed by atoms with Crippen LogP contribution in [0, 0.1) is 13.8 Å². The van der Waals surface area contributed by atoms with Gasteiger partial charge >= 0.3 is 6.03 Å². The summed E-state index contributed by atoms with van der Waals surface area (Å²) in [7, 11) is 0. The van der Waals surface area contributed by atoms with E-state index >= 15 is 0 Å². The molecule has 0 aliphatic heterocycles. The first-order chi connectivity index (χ1) is 10.1. The van der Waals surface area contributed by atoms with Gasteiger partial charge in [-0.2, -0.15) is 0 Å². The molecule has 0 spiro atoms. The number of fused-ring (bicyclic) bond motifs is 1. The van der Waals surface area contributed by atoms with Gasteiger partial charge in [-0.1, -0.05) is 36.7 Å². The number of urea groups is 1. The van der Waals surface area contributed by atoms with Crippen LogP contribution >= 0.6 is 11.3 Å². The minimum Gasteiger partial charge on any atom is -0.335 e. The zero-order valence-corrected chi connectivity index (χ0v) is 13.3. The molecule has 1 aromatic carbocycles. The second kappa shape index (κ2) is 6.02. The molecule has 0 bridgehead atoms. The van der Waals surface area contributed by atoms with Gasteiger partial charge in [-0.3, -0.25) is 5.32 Å². The standard InChI is InChI=1S/C16H21N3OS/c1-10-8-9-13-14(11(10)2)18-16(21-13)19-15(20)17-12-6-4-3-5-7-12/h8-9,12H,3-7H2,1-2H3,(H2,17,18,19,20). The van der Waals surface area contributed by atoms with Gasteiger partial charge in [0, 0.05) is 6.04 Å². The highest BCUT2D eigenvalue weighted by Gasteiger charge is 2.16. The second-order valence-electron chi connectivity index (χ2n) is 5.81. The third-order valence-corrected chi connectivity index (χ3v) is 5.18. The number of nitrogens with one attached hydrogen (secondary N) is 2. The Bertz CT molecular complexity index is 659. The lowest BCUT2D eigenvalue weighted by Crippen LogP contribution is -2.38. The molecule has 2 amide bonds. The maximum Gasteiger partial charge on any atom is 0.321 e. The fraction of sp³-hybridized carbons (Fsp3) is 0.500. The van der Waals surface area contributed by atoms with Crippen LogP contribution in [0.2, 0.25) is 0 Å². The first kappa shape index (κ1) is 14.3. The Morgan fingerprint density at radius 1 is 1.24 bits per heavy atom. The number of aryl methyl sites for hydroxylation is 2. The summed E-state index contributed by atoms with van der Waals surface area (Å²) in [6.45, 7) is 4.15. The highest BCUT2D eigenvalue weighted by atomic mass is 32.1. The van der Waals surface area contributed by atoms with Crippen molar-refractivity contribution in [2.24, 2.45) is 0 Å². The Labute approximate surface area is 129 Å². The third-order valence-electron chi connectivity index (χ3n) is 4.25. The maximum absolute atomic E-state index is 12.1. The van der Waals surface area contributed by atoms with E-state index in [1.54, 1.807) is 0 Å². The van der Waals surface area contributed by atoms with Gasteiger partial charge in [0.25, 0.3) is 0 Å². The van der Waals surface area contributed by atoms with Gasteiger partial charge in [0.1, 0.15) is 0 Å². The predicted molar refractivity (Wildman–Crippen MR) is 88.1 cm³/mol. The van der Waals surface area contributed by atoms with E-state index in [9.17, 15) is 4.79 Å². The molecule has 2 aromatic rings. The molecule has 1 heterocycles. The van der Waals surface area contributed by atoms with Crippen LogP contribution in [-0.4, -0.2) is 17.1 Å². The summed E-state index contributed by atoms with van der Waals surface area (Å²) in [5.74, 6) is 0. The molecular formula is C16H21N3OS. The number of nitrogens with zero attached hydrogens (tertiary/aromatic N) is 1. The Kier molecular flexibility index (Phi) is 4.10. The molecule has 1 aliphatic carbocycles. The normalized spacial score (nSPS) is 16.1. The van der Waals surface area contributed by atoms with E-state index in [2.05, 4.69) is 41.6 Å². The molecule has 21 heavy (non-hydrogen) atoms. The fourth-order valence-corrected chi connectivity index (χ4v) is 3.77. The van der Waals surface area contributed by atoms with E-state index in [-0.39, 0.29) is 6.03 Å². The molecule has 2 N–H and O–H groups in total. The Hall–Kier alpha value is -1.62. The van der Waals surface area contributed by atoms with Crippen molar-refractivity contribution in [1.82, 2.24) is 10.3 Å². The quantitative estimate of drug-likeness (QED) is 0.865. The topological polar surface area (TPSA) is 54.0 Å². The lowest BCUT2D eigenvalue weighted by Gasteiger charge is -2.22. The smallest absolute Gasteiger partial charge is 0.321 e. The lowest BCUT2D eigenvalue weighted by molar-refractivity contribution is 0.244. The minimum absolute atomic E-state index is 0.129. The van der Waals surface area contributed by atoms with Crippen LogP contribution < -0.4 is 10.6 Å². The summed E-state index contributed by atoms with van der Waals surface area (Å²) in [4.78, 5) is 16.6. The van der Waals surface area contributed by atoms with Gasteiger partial charge < -0.3 is 5.32 Å². The number of aromatic nitrogens is 1. The number of carbonyl (C=O) groups excluding carboxylic acids is 1. The van der Waals surface area contributed by atoms with Crippen molar-refractivity contribution >= 4 is 32.7 Å². The zero-order chi connectivity index (χ0) is 14.8. The van der Waals surface area contributed by atoms with Gasteiger partial charge in [0.2, 0.25) is 0 Å². The molecule has 4 nitrogen and oxygen atoms in total. The second-order valence-corrected chi connectivity index (χ2v) is 6.84. The van der Waals surface area contributed by atoms with Crippen LogP contribution in [0.5, 0.6) is 0 Å². The maximum atomic E-state index is 12.1. The summed E-state index contributed by atoms with van der Waals surface area (Å²) in [6.07, 6.45) is 5.89. The summed E-state index contributed by atoms with van der Waals surface area (Å²) < 4.78 is 1.12. The first-order valence-corrected chi connectivity index (χ1v) is 8.39. The first-order valence-electron chi connectivity index (χ1n) is 7.58. The van der Waals surface area contributed by atoms with Crippen molar-refractivity contribution in [3.8, 4) is 0 Å². The highest BCUT2D eigenvalue weighted by molar-refractivity contribution is 7.22. The summed E-state index contributed by atoms with van der Waals surface area (Å²) in [5.41, 5.74) is 3.41. The van der Waals surface area contributed by atoms with Crippen molar-refractivity contribution in [1.29, 1.82) is 0 Å². The number of anilines is 1. The molecule has 0 saturated heterocycles. The Balaban J connectivity index is 1.69. The number of rotatable bonds is 2. The molecule has 0 radical (unpaired) electrons. The molecular weight excluding hydrogens is 282 g/mol. The summed E-state index contributed by atoms with van der Waals surface area (Å²) in [6, 6.07) is 4.36. The van der Waals surface area contributed by atoms with Crippen molar-refractivity contribution in [2.75, 3.05) is 5.32 Å². The molecule has 1 aromatic heterocycles. The summed E-state index contributed by atoms with van der Waals surface area (Å²) in [5, 5.41) is 6.61. The van der Waals surface area contributed by atoms with E-state index < -0.39 is 0 Å². The van der Waals surface area contributed by atoms with Gasteiger partial charge in [0.15, 0.2) is 5.13 Å². The lowest BCUT2D eigenvalue weighted by atomic mass is 9.96. The number of carbonyl (C=O) groups is 1. The Morgan fingerprint density at radius 2 is 2.00 bits per heavy atom. The fourth-order valence-electron chi connectivity index (χ4n) is 2.85. The number of hydrogen-bond donors (Lipinski definition) is 2. The number of thiazole rings is 1. The largest absolute Gasteiger partial charge is 0.335 e. The van der Waals surface area contributed by atoms with Gasteiger partial charge in [0.05, 0.1) is 10.2 Å². The van der Waals surface area contributed by atoms with Gasteiger partial charge in [-0.15, -0.1) is 0 Å². The highest BCUT2D eigenvalue weighted by Crippen LogP contribution is 2.29. The van der Waals surface area contributed by atoms with Gasteiger partial charge in [-0.25, -0.2) is 9.78 Å². The van der Waals surface area contributed by atoms with Crippen LogP contribution in [0.15, 0.2) is 12.1 Å². The zero-order valence-electron chi connectivity index (χ0n) is 12.5. The van der Waals surface area contributed by atoms with Crippen LogP contribution in [-0.2, 0) is 0 Å². The predicted octanol–water partition coefficient (Wildman–Crippen LogP) is 4.37. The van der Waals surface area contributed by atoms with E-state index in [0.717, 1.165) is 23.1 Å². The average Bonchev–Trinajstić information content (AvgIpc) is 2.87. The summed E-state index contributed by atoms with van der Waals surface area (Å²) >= 11 is 1.53. The van der Waals surface area contributed by atoms with Crippen LogP contribution in [0.1, 0.15) is 43.2 Å². The van der Waals surface area contributed by atoms with Crippen LogP contribution in [0.3, 0.4) is 0 Å². The molecule has 1 aliphatic rings. The number of hydrogen-bond acceptors (Lipinski definition) is 3. The minimum atomic E-state index is -0.129. The SMILES string of the molecule is Cc1ccc2sc(NC(=O)NC3CCCCC3)nc2c1C. The van der Waals surface area contributed by atoms with E-state index in [0.29, 0.717) is 11.2 Å². The van der Waals surface area contributed by atoms with Crippen LogP contribution in [0.4, 0.5) is 9.93 Å². The third kappa shape index (κ3) is 3.18. The average molecular weight is 303 g/mol. The molecule has 3 rings (SSSR count). The molecule has 1 fully saturated rings. The Morgan fingerprint density at radius 3 is 2.76 bits per heavy atom. The monoisotopic (exact) mass is 303 g/mol. The van der Waals surface area contributed by atoms with E-state index in [1.807, 2.05) is 0 Å². The van der Waals surface area contributed by atoms with E-state index in [4.69, 9.17) is 0 Å². The van der Waals surface area contributed by atoms with Crippen molar-refractivity contribution in [3.05, 3.63) is 23.3 Å². The molecule has 0 unspecified atom stereocenters. The number of benzene rings is 1. The van der Waals surface area contributed by atoms with Gasteiger partial charge in [-0.05, 0) is 43.9 Å². The van der Waals surface area contributed by atoms with Crippen molar-refractivity contribution in [2.45, 2.75) is 52.0 Å². The number of amides is 2. The van der Waals surface area contributed by atoms with E-state index in [1.165, 1.54) is 41.7 Å². The molecule has 0 atom stereocenters. The van der Waals surface area contributed by atoms with Crippen molar-refractivity contribution < 1.29 is 4.79 Å². The molecule has 5 heteroatoms.